The monoisotopic (exact) mass is 532 g/mol. The summed E-state index contributed by atoms with van der Waals surface area (Å²) in [6.45, 7) is 5.34. The van der Waals surface area contributed by atoms with Gasteiger partial charge in [-0.3, -0.25) is 0 Å². The zero-order valence-electron chi connectivity index (χ0n) is 22.2. The molecule has 0 spiro atoms. The molecule has 4 aliphatic rings. The molecule has 0 amide bonds. The molecule has 3 atom stereocenters. The first kappa shape index (κ1) is 24.4. The molecule has 1 saturated carbocycles. The Labute approximate surface area is 229 Å². The van der Waals surface area contributed by atoms with Gasteiger partial charge >= 0.3 is 6.01 Å². The summed E-state index contributed by atoms with van der Waals surface area (Å²) in [6, 6.07) is 13.8. The smallest absolute Gasteiger partial charge is 0.318 e. The molecular formula is C30H37ClN6O. The van der Waals surface area contributed by atoms with Crippen LogP contribution in [0.15, 0.2) is 36.4 Å². The first-order valence-corrected chi connectivity index (χ1v) is 14.6. The number of hydrogen-bond acceptors (Lipinski definition) is 7. The summed E-state index contributed by atoms with van der Waals surface area (Å²) >= 11 is 6.70. The van der Waals surface area contributed by atoms with Gasteiger partial charge in [0, 0.05) is 48.4 Å². The van der Waals surface area contributed by atoms with E-state index in [0.29, 0.717) is 36.5 Å². The molecule has 2 bridgehead atoms. The van der Waals surface area contributed by atoms with Crippen LogP contribution in [0.2, 0.25) is 5.02 Å². The van der Waals surface area contributed by atoms with Gasteiger partial charge in [0.15, 0.2) is 0 Å². The summed E-state index contributed by atoms with van der Waals surface area (Å²) in [4.78, 5) is 17.4. The Bertz CT molecular complexity index is 1330. The molecule has 7 nitrogen and oxygen atoms in total. The maximum absolute atomic E-state index is 6.70. The molecule has 4 heterocycles. The Morgan fingerprint density at radius 3 is 2.55 bits per heavy atom. The molecule has 2 aromatic carbocycles. The zero-order chi connectivity index (χ0) is 25.8. The molecule has 1 aliphatic carbocycles. The van der Waals surface area contributed by atoms with Crippen LogP contribution in [0.1, 0.15) is 36.9 Å². The number of benzene rings is 2. The van der Waals surface area contributed by atoms with Gasteiger partial charge in [-0.25, -0.2) is 0 Å². The Morgan fingerprint density at radius 1 is 1.00 bits per heavy atom. The predicted octanol–water partition coefficient (Wildman–Crippen LogP) is 4.49. The Kier molecular flexibility index (Phi) is 6.33. The lowest BCUT2D eigenvalue weighted by molar-refractivity contribution is 0.187. The number of fused-ring (bicyclic) bond motifs is 4. The minimum atomic E-state index is 0.323. The van der Waals surface area contributed by atoms with Gasteiger partial charge in [-0.1, -0.05) is 35.9 Å². The molecule has 2 unspecified atom stereocenters. The third-order valence-corrected chi connectivity index (χ3v) is 9.79. The Morgan fingerprint density at radius 2 is 1.79 bits per heavy atom. The van der Waals surface area contributed by atoms with Crippen molar-refractivity contribution in [1.29, 1.82) is 0 Å². The molecule has 3 fully saturated rings. The van der Waals surface area contributed by atoms with Crippen LogP contribution in [-0.4, -0.2) is 66.8 Å². The lowest BCUT2D eigenvalue weighted by atomic mass is 9.92. The number of halogens is 1. The van der Waals surface area contributed by atoms with Crippen molar-refractivity contribution in [2.75, 3.05) is 49.6 Å². The Hall–Kier alpha value is -2.61. The molecule has 0 radical (unpaired) electrons. The number of nitrogens with zero attached hydrogens (tertiary/aromatic N) is 5. The van der Waals surface area contributed by atoms with E-state index in [9.17, 15) is 0 Å². The minimum Gasteiger partial charge on any atom is -0.462 e. The summed E-state index contributed by atoms with van der Waals surface area (Å²) in [6.07, 6.45) is 5.73. The van der Waals surface area contributed by atoms with E-state index in [0.717, 1.165) is 78.6 Å². The average molecular weight is 533 g/mol. The molecule has 3 aliphatic heterocycles. The van der Waals surface area contributed by atoms with Gasteiger partial charge in [0.05, 0.1) is 17.3 Å². The van der Waals surface area contributed by atoms with Crippen molar-refractivity contribution in [2.45, 2.75) is 50.7 Å². The van der Waals surface area contributed by atoms with Crippen molar-refractivity contribution < 1.29 is 4.74 Å². The molecule has 38 heavy (non-hydrogen) atoms. The van der Waals surface area contributed by atoms with Crippen molar-refractivity contribution in [3.8, 4) is 6.01 Å². The highest BCUT2D eigenvalue weighted by molar-refractivity contribution is 6.36. The van der Waals surface area contributed by atoms with E-state index in [-0.39, 0.29) is 0 Å². The van der Waals surface area contributed by atoms with Crippen molar-refractivity contribution in [2.24, 2.45) is 17.6 Å². The van der Waals surface area contributed by atoms with Crippen molar-refractivity contribution in [3.05, 3.63) is 52.7 Å². The normalized spacial score (nSPS) is 27.2. The second-order valence-electron chi connectivity index (χ2n) is 11.7. The van der Waals surface area contributed by atoms with Gasteiger partial charge in [0.25, 0.3) is 0 Å². The van der Waals surface area contributed by atoms with E-state index < -0.39 is 0 Å². The minimum absolute atomic E-state index is 0.323. The van der Waals surface area contributed by atoms with Gasteiger partial charge < -0.3 is 25.2 Å². The van der Waals surface area contributed by atoms with Gasteiger partial charge in [-0.15, -0.1) is 0 Å². The van der Waals surface area contributed by atoms with Crippen LogP contribution >= 0.6 is 11.6 Å². The van der Waals surface area contributed by atoms with Crippen molar-refractivity contribution >= 4 is 33.9 Å². The first-order valence-electron chi connectivity index (χ1n) is 14.2. The highest BCUT2D eigenvalue weighted by Crippen LogP contribution is 2.41. The Balaban J connectivity index is 1.23. The quantitative estimate of drug-likeness (QED) is 0.519. The number of aromatic nitrogens is 2. The third kappa shape index (κ3) is 4.29. The molecule has 8 heteroatoms. The summed E-state index contributed by atoms with van der Waals surface area (Å²) in [5.74, 6) is 2.17. The number of anilines is 2. The lowest BCUT2D eigenvalue weighted by Crippen LogP contribution is -2.49. The van der Waals surface area contributed by atoms with Crippen LogP contribution in [0, 0.1) is 11.8 Å². The number of nitrogens with two attached hydrogens (primary N) is 1. The topological polar surface area (TPSA) is 70.8 Å². The molecule has 2 N–H and O–H groups in total. The lowest BCUT2D eigenvalue weighted by Gasteiger charge is -2.39. The van der Waals surface area contributed by atoms with Crippen molar-refractivity contribution in [1.82, 2.24) is 14.9 Å². The van der Waals surface area contributed by atoms with Crippen LogP contribution in [-0.2, 0) is 13.0 Å². The molecule has 3 aromatic rings. The first-order chi connectivity index (χ1) is 18.5. The van der Waals surface area contributed by atoms with E-state index in [1.807, 2.05) is 12.1 Å². The van der Waals surface area contributed by atoms with Crippen LogP contribution in [0.4, 0.5) is 11.5 Å². The molecular weight excluding hydrogens is 496 g/mol. The summed E-state index contributed by atoms with van der Waals surface area (Å²) < 4.78 is 6.32. The summed E-state index contributed by atoms with van der Waals surface area (Å²) in [5, 5.41) is 3.06. The maximum atomic E-state index is 6.70. The number of rotatable bonds is 5. The highest BCUT2D eigenvalue weighted by Gasteiger charge is 2.41. The van der Waals surface area contributed by atoms with Crippen molar-refractivity contribution in [3.63, 3.8) is 0 Å². The fraction of sp³-hybridized carbons (Fsp3) is 0.533. The number of hydrogen-bond donors (Lipinski definition) is 1. The average Bonchev–Trinajstić information content (AvgIpc) is 3.41. The molecule has 2 saturated heterocycles. The predicted molar refractivity (Wildman–Crippen MR) is 153 cm³/mol. The molecule has 1 aromatic heterocycles. The second-order valence-corrected chi connectivity index (χ2v) is 12.1. The fourth-order valence-electron chi connectivity index (χ4n) is 7.26. The van der Waals surface area contributed by atoms with Crippen LogP contribution in [0.5, 0.6) is 6.01 Å². The fourth-order valence-corrected chi connectivity index (χ4v) is 7.54. The maximum Gasteiger partial charge on any atom is 0.318 e. The van der Waals surface area contributed by atoms with Gasteiger partial charge in [-0.2, -0.15) is 9.97 Å². The zero-order valence-corrected chi connectivity index (χ0v) is 22.9. The standard InChI is InChI=1S/C30H37ClN6O/c1-35-13-4-7-22(35)18-38-30-33-25-17-36(26-9-3-6-19-5-2-8-24(31)27(19)26)14-12-23(25)29(34-30)37-15-20-10-11-21(16-37)28(20)32/h2-3,5-6,8-9,20-22,28H,4,7,10-18,32H2,1H3/t20?,21?,22-,28?/m0/s1. The van der Waals surface area contributed by atoms with Crippen LogP contribution < -0.4 is 20.3 Å². The van der Waals surface area contributed by atoms with E-state index in [4.69, 9.17) is 32.0 Å². The third-order valence-electron chi connectivity index (χ3n) is 9.48. The van der Waals surface area contributed by atoms with E-state index in [1.54, 1.807) is 0 Å². The van der Waals surface area contributed by atoms with E-state index in [1.165, 1.54) is 24.8 Å². The number of ether oxygens (including phenoxy) is 1. The van der Waals surface area contributed by atoms with Gasteiger partial charge in [0.2, 0.25) is 0 Å². The largest absolute Gasteiger partial charge is 0.462 e. The number of likely N-dealkylation sites (tertiary alicyclic amines) is 1. The van der Waals surface area contributed by atoms with E-state index >= 15 is 0 Å². The molecule has 7 rings (SSSR count). The second kappa shape index (κ2) is 9.85. The summed E-state index contributed by atoms with van der Waals surface area (Å²) in [5.41, 5.74) is 10.1. The van der Waals surface area contributed by atoms with Gasteiger partial charge in [0.1, 0.15) is 12.4 Å². The SMILES string of the molecule is CN1CCC[C@H]1COc1nc2c(c(N3CC4CCC(C3)C4N)n1)CCN(c1cccc3cccc(Cl)c13)C2. The number of likely N-dealkylation sites (N-methyl/N-ethyl adjacent to an activating group) is 1. The van der Waals surface area contributed by atoms with E-state index in [2.05, 4.69) is 46.0 Å². The van der Waals surface area contributed by atoms with Crippen LogP contribution in [0.25, 0.3) is 10.8 Å². The highest BCUT2D eigenvalue weighted by atomic mass is 35.5. The summed E-state index contributed by atoms with van der Waals surface area (Å²) in [7, 11) is 2.18. The number of piperidine rings is 1. The molecule has 200 valence electrons. The van der Waals surface area contributed by atoms with Crippen LogP contribution in [0.3, 0.4) is 0 Å². The van der Waals surface area contributed by atoms with Gasteiger partial charge in [-0.05, 0) is 75.1 Å².